The number of H-pyrrole nitrogens is 1. The average Bonchev–Trinajstić information content (AvgIpc) is 3.41. The van der Waals surface area contributed by atoms with E-state index in [1.54, 1.807) is 7.11 Å². The Bertz CT molecular complexity index is 1270. The molecule has 1 atom stereocenters. The van der Waals surface area contributed by atoms with Crippen LogP contribution < -0.4 is 4.74 Å². The molecular formula is C31H38F3N3O3. The summed E-state index contributed by atoms with van der Waals surface area (Å²) in [7, 11) is 3.93. The molecule has 0 amide bonds. The van der Waals surface area contributed by atoms with Gasteiger partial charge in [0.1, 0.15) is 12.0 Å². The second-order valence-electron chi connectivity index (χ2n) is 10.6. The van der Waals surface area contributed by atoms with Crippen molar-refractivity contribution in [2.24, 2.45) is 5.92 Å². The van der Waals surface area contributed by atoms with E-state index in [0.29, 0.717) is 30.8 Å². The largest absolute Gasteiger partial charge is 0.495 e. The molecule has 0 aliphatic carbocycles. The molecule has 2 aliphatic heterocycles. The number of allylic oxidation sites excluding steroid dienone is 1. The summed E-state index contributed by atoms with van der Waals surface area (Å²) in [6, 6.07) is 8.23. The van der Waals surface area contributed by atoms with Crippen molar-refractivity contribution in [3.63, 3.8) is 0 Å². The van der Waals surface area contributed by atoms with Crippen molar-refractivity contribution in [3.8, 4) is 5.75 Å². The van der Waals surface area contributed by atoms with Crippen molar-refractivity contribution in [3.05, 3.63) is 71.2 Å². The summed E-state index contributed by atoms with van der Waals surface area (Å²) in [5.74, 6) is -1.92. The molecule has 2 fully saturated rings. The third kappa shape index (κ3) is 6.95. The second kappa shape index (κ2) is 14.0. The minimum Gasteiger partial charge on any atom is -0.495 e. The summed E-state index contributed by atoms with van der Waals surface area (Å²) in [6.07, 6.45) is 9.62. The third-order valence-electron chi connectivity index (χ3n) is 8.24. The topological polar surface area (TPSA) is 68.8 Å². The fraction of sp³-hybridized carbons (Fsp3) is 0.452. The number of piperidine rings is 2. The zero-order valence-corrected chi connectivity index (χ0v) is 23.1. The van der Waals surface area contributed by atoms with E-state index in [2.05, 4.69) is 40.2 Å². The maximum Gasteiger partial charge on any atom is 0.194 e. The van der Waals surface area contributed by atoms with Gasteiger partial charge in [0.25, 0.3) is 0 Å². The molecule has 5 rings (SSSR count). The summed E-state index contributed by atoms with van der Waals surface area (Å²) in [5, 5.41) is 11.4. The SMILES string of the molecule is COc1cccc2c(C3CCN(C(CO)C4CCN(C)CC4)CC3)c[nH]c12.O=C/C=C/c1cc(F)c(F)c(F)c1. The minimum atomic E-state index is -1.51. The molecule has 1 unspecified atom stereocenters. The predicted octanol–water partition coefficient (Wildman–Crippen LogP) is 5.37. The Morgan fingerprint density at radius 1 is 1.07 bits per heavy atom. The smallest absolute Gasteiger partial charge is 0.194 e. The normalized spacial score (nSPS) is 18.6. The summed E-state index contributed by atoms with van der Waals surface area (Å²) in [5.41, 5.74) is 2.63. The number of nitrogens with zero attached hydrogens (tertiary/aromatic N) is 2. The van der Waals surface area contributed by atoms with E-state index in [9.17, 15) is 23.1 Å². The molecule has 216 valence electrons. The molecule has 2 aromatic carbocycles. The van der Waals surface area contributed by atoms with Crippen LogP contribution in [0.1, 0.15) is 42.7 Å². The van der Waals surface area contributed by atoms with Gasteiger partial charge in [0, 0.05) is 17.6 Å². The number of para-hydroxylation sites is 1. The Morgan fingerprint density at radius 3 is 2.35 bits per heavy atom. The number of fused-ring (bicyclic) bond motifs is 1. The Balaban J connectivity index is 0.000000240. The average molecular weight is 558 g/mol. The number of likely N-dealkylation sites (tertiary alicyclic amines) is 2. The highest BCUT2D eigenvalue weighted by Crippen LogP contribution is 2.37. The number of hydrogen-bond donors (Lipinski definition) is 2. The van der Waals surface area contributed by atoms with Gasteiger partial charge >= 0.3 is 0 Å². The lowest BCUT2D eigenvalue weighted by Gasteiger charge is -2.42. The molecule has 2 saturated heterocycles. The maximum atomic E-state index is 12.5. The molecule has 9 heteroatoms. The molecule has 3 aromatic rings. The van der Waals surface area contributed by atoms with Gasteiger partial charge in [-0.3, -0.25) is 9.69 Å². The van der Waals surface area contributed by atoms with Crippen molar-refractivity contribution in [1.29, 1.82) is 0 Å². The number of carbonyl (C=O) groups excluding carboxylic acids is 1. The molecular weight excluding hydrogens is 519 g/mol. The van der Waals surface area contributed by atoms with Crippen molar-refractivity contribution in [2.75, 3.05) is 46.9 Å². The van der Waals surface area contributed by atoms with Crippen molar-refractivity contribution >= 4 is 23.3 Å². The van der Waals surface area contributed by atoms with Crippen LogP contribution >= 0.6 is 0 Å². The molecule has 0 saturated carbocycles. The highest BCUT2D eigenvalue weighted by atomic mass is 19.2. The number of benzene rings is 2. The number of aromatic nitrogens is 1. The van der Waals surface area contributed by atoms with Gasteiger partial charge < -0.3 is 19.7 Å². The number of aldehydes is 1. The zero-order valence-electron chi connectivity index (χ0n) is 23.1. The molecule has 0 spiro atoms. The van der Waals surface area contributed by atoms with Gasteiger partial charge in [0.15, 0.2) is 17.5 Å². The number of aromatic amines is 1. The monoisotopic (exact) mass is 557 g/mol. The highest BCUT2D eigenvalue weighted by molar-refractivity contribution is 5.88. The van der Waals surface area contributed by atoms with E-state index in [-0.39, 0.29) is 5.56 Å². The number of aliphatic hydroxyl groups is 1. The first-order chi connectivity index (χ1) is 19.4. The van der Waals surface area contributed by atoms with Gasteiger partial charge in [0.2, 0.25) is 0 Å². The quantitative estimate of drug-likeness (QED) is 0.232. The molecule has 0 radical (unpaired) electrons. The Hall–Kier alpha value is -3.14. The van der Waals surface area contributed by atoms with E-state index < -0.39 is 17.5 Å². The molecule has 6 nitrogen and oxygen atoms in total. The fourth-order valence-electron chi connectivity index (χ4n) is 6.00. The number of aliphatic hydroxyl groups excluding tert-OH is 1. The third-order valence-corrected chi connectivity index (χ3v) is 8.24. The van der Waals surface area contributed by atoms with E-state index >= 15 is 0 Å². The minimum absolute atomic E-state index is 0.100. The highest BCUT2D eigenvalue weighted by Gasteiger charge is 2.32. The Labute approximate surface area is 233 Å². The van der Waals surface area contributed by atoms with Crippen LogP contribution in [0.4, 0.5) is 13.2 Å². The molecule has 0 bridgehead atoms. The van der Waals surface area contributed by atoms with Crippen LogP contribution in [0.15, 0.2) is 42.6 Å². The van der Waals surface area contributed by atoms with Gasteiger partial charge in [-0.1, -0.05) is 18.2 Å². The van der Waals surface area contributed by atoms with Gasteiger partial charge in [-0.15, -0.1) is 0 Å². The van der Waals surface area contributed by atoms with E-state index in [1.807, 2.05) is 6.07 Å². The van der Waals surface area contributed by atoms with Crippen LogP contribution in [-0.2, 0) is 4.79 Å². The lowest BCUT2D eigenvalue weighted by Crippen LogP contribution is -2.49. The van der Waals surface area contributed by atoms with Gasteiger partial charge in [-0.25, -0.2) is 13.2 Å². The number of halogens is 3. The molecule has 2 aliphatic rings. The molecule has 1 aromatic heterocycles. The number of rotatable bonds is 7. The first-order valence-corrected chi connectivity index (χ1v) is 13.8. The number of carbonyl (C=O) groups is 1. The van der Waals surface area contributed by atoms with Crippen molar-refractivity contribution in [2.45, 2.75) is 37.6 Å². The summed E-state index contributed by atoms with van der Waals surface area (Å²) < 4.78 is 42.9. The van der Waals surface area contributed by atoms with Gasteiger partial charge in [-0.05, 0) is 106 Å². The summed E-state index contributed by atoms with van der Waals surface area (Å²) in [4.78, 5) is 18.3. The first-order valence-electron chi connectivity index (χ1n) is 13.8. The van der Waals surface area contributed by atoms with E-state index in [1.165, 1.54) is 29.9 Å². The van der Waals surface area contributed by atoms with E-state index in [4.69, 9.17) is 4.74 Å². The van der Waals surface area contributed by atoms with Crippen LogP contribution in [-0.4, -0.2) is 79.2 Å². The Kier molecular flexibility index (Phi) is 10.4. The number of hydrogen-bond acceptors (Lipinski definition) is 5. The maximum absolute atomic E-state index is 12.5. The molecule has 40 heavy (non-hydrogen) atoms. The van der Waals surface area contributed by atoms with Gasteiger partial charge in [0.05, 0.1) is 19.2 Å². The first kappa shape index (κ1) is 29.8. The predicted molar refractivity (Wildman–Crippen MR) is 151 cm³/mol. The Morgan fingerprint density at radius 2 is 1.75 bits per heavy atom. The number of ether oxygens (including phenoxy) is 1. The van der Waals surface area contributed by atoms with Crippen LogP contribution in [0.2, 0.25) is 0 Å². The standard InChI is InChI=1S/C22H33N3O2.C9H5F3O/c1-24-10-6-17(7-11-24)20(15-26)25-12-8-16(9-13-25)19-14-23-22-18(19)4-3-5-21(22)27-2;10-7-4-6(2-1-3-13)5-8(11)9(7)12/h3-5,14,16-17,20,23,26H,6-13,15H2,1-2H3;1-5H/b;2-1+. The van der Waals surface area contributed by atoms with Crippen LogP contribution in [0.3, 0.4) is 0 Å². The van der Waals surface area contributed by atoms with Gasteiger partial charge in [-0.2, -0.15) is 0 Å². The summed E-state index contributed by atoms with van der Waals surface area (Å²) in [6.45, 7) is 4.78. The van der Waals surface area contributed by atoms with Crippen LogP contribution in [0, 0.1) is 23.4 Å². The van der Waals surface area contributed by atoms with E-state index in [0.717, 1.165) is 68.5 Å². The number of nitrogens with one attached hydrogen (secondary N) is 1. The second-order valence-corrected chi connectivity index (χ2v) is 10.6. The molecule has 3 heterocycles. The van der Waals surface area contributed by atoms with Crippen molar-refractivity contribution in [1.82, 2.24) is 14.8 Å². The fourth-order valence-corrected chi connectivity index (χ4v) is 6.00. The number of methoxy groups -OCH3 is 1. The van der Waals surface area contributed by atoms with Crippen LogP contribution in [0.5, 0.6) is 5.75 Å². The lowest BCUT2D eigenvalue weighted by atomic mass is 9.85. The van der Waals surface area contributed by atoms with Crippen molar-refractivity contribution < 1.29 is 27.8 Å². The zero-order chi connectivity index (χ0) is 28.6. The van der Waals surface area contributed by atoms with Crippen LogP contribution in [0.25, 0.3) is 17.0 Å². The lowest BCUT2D eigenvalue weighted by molar-refractivity contribution is -0.104. The summed E-state index contributed by atoms with van der Waals surface area (Å²) >= 11 is 0. The molecule has 2 N–H and O–H groups in total.